The van der Waals surface area contributed by atoms with Crippen LogP contribution in [0.1, 0.15) is 30.5 Å². The number of halogens is 1. The Morgan fingerprint density at radius 3 is 2.86 bits per heavy atom. The molecule has 4 heteroatoms. The van der Waals surface area contributed by atoms with Gasteiger partial charge in [-0.05, 0) is 43.1 Å². The largest absolute Gasteiger partial charge is 0.481 e. The predicted molar refractivity (Wildman–Crippen MR) is 89.7 cm³/mol. The van der Waals surface area contributed by atoms with E-state index in [1.54, 1.807) is 13.3 Å². The maximum absolute atomic E-state index is 5.41. The lowest BCUT2D eigenvalue weighted by atomic mass is 9.99. The number of nitrogens with zero attached hydrogens (tertiary/aromatic N) is 1. The number of pyridine rings is 1. The van der Waals surface area contributed by atoms with Crippen molar-refractivity contribution in [3.63, 3.8) is 0 Å². The van der Waals surface area contributed by atoms with Crippen LogP contribution in [0.4, 0.5) is 0 Å². The lowest BCUT2D eigenvalue weighted by molar-refractivity contribution is 0.381. The van der Waals surface area contributed by atoms with Crippen LogP contribution in [0.5, 0.6) is 5.88 Å². The summed E-state index contributed by atoms with van der Waals surface area (Å²) >= 11 is 3.53. The van der Waals surface area contributed by atoms with E-state index in [0.29, 0.717) is 5.88 Å². The van der Waals surface area contributed by atoms with Crippen LogP contribution in [-0.2, 0) is 6.42 Å². The van der Waals surface area contributed by atoms with Crippen molar-refractivity contribution in [1.29, 1.82) is 0 Å². The van der Waals surface area contributed by atoms with E-state index in [1.165, 1.54) is 5.56 Å². The minimum absolute atomic E-state index is 0.197. The van der Waals surface area contributed by atoms with Gasteiger partial charge < -0.3 is 10.1 Å². The number of aromatic nitrogens is 1. The number of rotatable bonds is 7. The fourth-order valence-corrected chi connectivity index (χ4v) is 2.80. The van der Waals surface area contributed by atoms with Gasteiger partial charge in [0.05, 0.1) is 7.11 Å². The molecule has 0 aliphatic rings. The van der Waals surface area contributed by atoms with Crippen LogP contribution in [0.2, 0.25) is 0 Å². The first-order valence-electron chi connectivity index (χ1n) is 7.21. The van der Waals surface area contributed by atoms with Crippen molar-refractivity contribution in [2.75, 3.05) is 13.7 Å². The molecule has 1 aromatic heterocycles. The molecule has 0 spiro atoms. The van der Waals surface area contributed by atoms with Gasteiger partial charge in [0.15, 0.2) is 0 Å². The van der Waals surface area contributed by atoms with E-state index >= 15 is 0 Å². The highest BCUT2D eigenvalue weighted by molar-refractivity contribution is 9.10. The number of methoxy groups -OCH3 is 1. The van der Waals surface area contributed by atoms with Gasteiger partial charge in [-0.2, -0.15) is 0 Å². The van der Waals surface area contributed by atoms with Gasteiger partial charge in [0.1, 0.15) is 0 Å². The van der Waals surface area contributed by atoms with Gasteiger partial charge in [0, 0.05) is 22.3 Å². The molecule has 0 saturated carbocycles. The maximum Gasteiger partial charge on any atom is 0.217 e. The van der Waals surface area contributed by atoms with Crippen LogP contribution in [0.3, 0.4) is 0 Å². The quantitative estimate of drug-likeness (QED) is 0.816. The summed E-state index contributed by atoms with van der Waals surface area (Å²) < 4.78 is 6.51. The highest BCUT2D eigenvalue weighted by Gasteiger charge is 2.16. The molecule has 1 unspecified atom stereocenters. The Morgan fingerprint density at radius 1 is 1.29 bits per heavy atom. The van der Waals surface area contributed by atoms with Crippen molar-refractivity contribution in [1.82, 2.24) is 10.3 Å². The van der Waals surface area contributed by atoms with Crippen molar-refractivity contribution in [3.8, 4) is 5.88 Å². The molecule has 0 radical (unpaired) electrons. The van der Waals surface area contributed by atoms with Crippen LogP contribution in [0.15, 0.2) is 47.1 Å². The molecule has 21 heavy (non-hydrogen) atoms. The summed E-state index contributed by atoms with van der Waals surface area (Å²) in [4.78, 5) is 4.31. The summed E-state index contributed by atoms with van der Waals surface area (Å²) in [5.41, 5.74) is 2.39. The number of benzene rings is 1. The Morgan fingerprint density at radius 2 is 2.14 bits per heavy atom. The average Bonchev–Trinajstić information content (AvgIpc) is 2.51. The molecule has 0 amide bonds. The number of hydrogen-bond acceptors (Lipinski definition) is 3. The third-order valence-corrected chi connectivity index (χ3v) is 3.83. The highest BCUT2D eigenvalue weighted by Crippen LogP contribution is 2.26. The van der Waals surface area contributed by atoms with E-state index in [1.807, 2.05) is 12.1 Å². The number of hydrogen-bond donors (Lipinski definition) is 1. The van der Waals surface area contributed by atoms with Crippen molar-refractivity contribution in [2.45, 2.75) is 25.8 Å². The molecule has 3 nitrogen and oxygen atoms in total. The molecule has 2 aromatic rings. The third-order valence-electron chi connectivity index (χ3n) is 3.34. The van der Waals surface area contributed by atoms with Crippen molar-refractivity contribution in [2.24, 2.45) is 0 Å². The average molecular weight is 349 g/mol. The van der Waals surface area contributed by atoms with Gasteiger partial charge in [-0.25, -0.2) is 4.98 Å². The van der Waals surface area contributed by atoms with Gasteiger partial charge in [0.25, 0.3) is 0 Å². The zero-order valence-corrected chi connectivity index (χ0v) is 14.1. The first kappa shape index (κ1) is 16.0. The first-order valence-corrected chi connectivity index (χ1v) is 8.00. The Bertz CT molecular complexity index is 574. The second-order valence-corrected chi connectivity index (χ2v) is 5.86. The minimum atomic E-state index is 0.197. The molecular weight excluding hydrogens is 328 g/mol. The van der Waals surface area contributed by atoms with Crippen molar-refractivity contribution < 1.29 is 4.74 Å². The molecule has 0 bridgehead atoms. The zero-order valence-electron chi connectivity index (χ0n) is 12.5. The first-order chi connectivity index (χ1) is 10.2. The van der Waals surface area contributed by atoms with E-state index in [-0.39, 0.29) is 6.04 Å². The molecule has 1 atom stereocenters. The minimum Gasteiger partial charge on any atom is -0.481 e. The van der Waals surface area contributed by atoms with Crippen molar-refractivity contribution >= 4 is 15.9 Å². The Hall–Kier alpha value is -1.39. The molecule has 0 saturated heterocycles. The summed E-state index contributed by atoms with van der Waals surface area (Å²) in [7, 11) is 1.67. The molecule has 0 aliphatic heterocycles. The SMILES string of the molecule is CCCNC(Cc1cccc(Br)c1)c1cccnc1OC. The highest BCUT2D eigenvalue weighted by atomic mass is 79.9. The van der Waals surface area contributed by atoms with Gasteiger partial charge in [-0.3, -0.25) is 0 Å². The van der Waals surface area contributed by atoms with Gasteiger partial charge in [-0.15, -0.1) is 0 Å². The van der Waals surface area contributed by atoms with E-state index in [0.717, 1.165) is 29.4 Å². The molecule has 0 fully saturated rings. The zero-order chi connectivity index (χ0) is 15.1. The molecule has 1 N–H and O–H groups in total. The van der Waals surface area contributed by atoms with E-state index in [9.17, 15) is 0 Å². The van der Waals surface area contributed by atoms with Gasteiger partial charge >= 0.3 is 0 Å². The third kappa shape index (κ3) is 4.55. The summed E-state index contributed by atoms with van der Waals surface area (Å²) in [6, 6.07) is 12.6. The molecule has 2 rings (SSSR count). The second kappa shape index (κ2) is 8.15. The molecule has 0 aliphatic carbocycles. The fourth-order valence-electron chi connectivity index (χ4n) is 2.35. The molecule has 112 valence electrons. The van der Waals surface area contributed by atoms with Crippen LogP contribution >= 0.6 is 15.9 Å². The lowest BCUT2D eigenvalue weighted by Crippen LogP contribution is -2.24. The van der Waals surface area contributed by atoms with Crippen LogP contribution in [0.25, 0.3) is 0 Å². The summed E-state index contributed by atoms with van der Waals surface area (Å²) in [5.74, 6) is 0.695. The monoisotopic (exact) mass is 348 g/mol. The van der Waals surface area contributed by atoms with Crippen LogP contribution < -0.4 is 10.1 Å². The topological polar surface area (TPSA) is 34.2 Å². The molecule has 1 aromatic carbocycles. The normalized spacial score (nSPS) is 12.1. The smallest absolute Gasteiger partial charge is 0.217 e. The summed E-state index contributed by atoms with van der Waals surface area (Å²) in [6.45, 7) is 3.14. The summed E-state index contributed by atoms with van der Waals surface area (Å²) in [5, 5.41) is 3.59. The van der Waals surface area contributed by atoms with Crippen LogP contribution in [-0.4, -0.2) is 18.6 Å². The van der Waals surface area contributed by atoms with Crippen molar-refractivity contribution in [3.05, 3.63) is 58.2 Å². The van der Waals surface area contributed by atoms with E-state index in [4.69, 9.17) is 4.74 Å². The van der Waals surface area contributed by atoms with Gasteiger partial charge in [-0.1, -0.05) is 41.1 Å². The van der Waals surface area contributed by atoms with E-state index in [2.05, 4.69) is 57.4 Å². The number of nitrogens with one attached hydrogen (secondary N) is 1. The second-order valence-electron chi connectivity index (χ2n) is 4.94. The maximum atomic E-state index is 5.41. The number of ether oxygens (including phenoxy) is 1. The van der Waals surface area contributed by atoms with E-state index < -0.39 is 0 Å². The predicted octanol–water partition coefficient (Wildman–Crippen LogP) is 4.14. The Balaban J connectivity index is 2.25. The van der Waals surface area contributed by atoms with Crippen LogP contribution in [0, 0.1) is 0 Å². The Labute approximate surface area is 134 Å². The lowest BCUT2D eigenvalue weighted by Gasteiger charge is -2.20. The molecular formula is C17H21BrN2O. The fraction of sp³-hybridized carbons (Fsp3) is 0.353. The van der Waals surface area contributed by atoms with Gasteiger partial charge in [0.2, 0.25) is 5.88 Å². The summed E-state index contributed by atoms with van der Waals surface area (Å²) in [6.07, 6.45) is 3.76. The molecule has 1 heterocycles. The standard InChI is InChI=1S/C17H21BrN2O/c1-3-9-19-16(12-13-6-4-7-14(18)11-13)15-8-5-10-20-17(15)21-2/h4-8,10-11,16,19H,3,9,12H2,1-2H3. The Kier molecular flexibility index (Phi) is 6.21.